The van der Waals surface area contributed by atoms with E-state index in [1.165, 1.54) is 5.56 Å². The lowest BCUT2D eigenvalue weighted by Crippen LogP contribution is -2.37. The van der Waals surface area contributed by atoms with E-state index in [4.69, 9.17) is 4.74 Å². The fourth-order valence-corrected chi connectivity index (χ4v) is 6.70. The molecule has 4 aromatic rings. The first-order valence-corrected chi connectivity index (χ1v) is 14.3. The first-order valence-electron chi connectivity index (χ1n) is 14.3. The van der Waals surface area contributed by atoms with Crippen molar-refractivity contribution in [2.24, 2.45) is 0 Å². The van der Waals surface area contributed by atoms with Crippen LogP contribution >= 0.6 is 0 Å². The Labute approximate surface area is 238 Å². The van der Waals surface area contributed by atoms with Crippen LogP contribution in [0.25, 0.3) is 33.0 Å². The number of ether oxygens (including phenoxy) is 1. The summed E-state index contributed by atoms with van der Waals surface area (Å²) < 4.78 is 10.0. The SMILES string of the molecule is CC(C)(C)OC(=O)N1CCn2cc(C3=C(c4cn5c6c(cccc46)CCC5(C)C)C(=O)NC3=O)c3cccc(c32)C1. The number of amides is 3. The molecule has 41 heavy (non-hydrogen) atoms. The van der Waals surface area contributed by atoms with Gasteiger partial charge in [-0.1, -0.05) is 36.4 Å². The van der Waals surface area contributed by atoms with Gasteiger partial charge in [-0.05, 0) is 58.6 Å². The third-order valence-corrected chi connectivity index (χ3v) is 8.64. The monoisotopic (exact) mass is 550 g/mol. The Balaban J connectivity index is 1.40. The van der Waals surface area contributed by atoms with Crippen molar-refractivity contribution in [3.05, 3.63) is 71.0 Å². The lowest BCUT2D eigenvalue weighted by Gasteiger charge is -2.33. The van der Waals surface area contributed by atoms with Gasteiger partial charge in [-0.25, -0.2) is 4.79 Å². The Morgan fingerprint density at radius 1 is 0.878 bits per heavy atom. The zero-order chi connectivity index (χ0) is 28.8. The molecule has 0 bridgehead atoms. The van der Waals surface area contributed by atoms with Crippen molar-refractivity contribution in [1.29, 1.82) is 0 Å². The normalized spacial score (nSPS) is 18.3. The van der Waals surface area contributed by atoms with Crippen LogP contribution in [-0.4, -0.2) is 44.1 Å². The Kier molecular flexibility index (Phi) is 5.37. The fraction of sp³-hybridized carbons (Fsp3) is 0.364. The van der Waals surface area contributed by atoms with Gasteiger partial charge in [0.15, 0.2) is 0 Å². The van der Waals surface area contributed by atoms with E-state index in [9.17, 15) is 14.4 Å². The van der Waals surface area contributed by atoms with E-state index in [-0.39, 0.29) is 23.4 Å². The fourth-order valence-electron chi connectivity index (χ4n) is 6.70. The molecule has 2 aromatic carbocycles. The van der Waals surface area contributed by atoms with Crippen LogP contribution in [-0.2, 0) is 39.4 Å². The minimum Gasteiger partial charge on any atom is -0.444 e. The predicted octanol–water partition coefficient (Wildman–Crippen LogP) is 5.60. The molecule has 0 radical (unpaired) electrons. The summed E-state index contributed by atoms with van der Waals surface area (Å²) in [4.78, 5) is 41.6. The third-order valence-electron chi connectivity index (χ3n) is 8.64. The van der Waals surface area contributed by atoms with Crippen molar-refractivity contribution in [2.45, 2.75) is 71.7 Å². The molecule has 0 spiro atoms. The molecule has 3 amide bonds. The van der Waals surface area contributed by atoms with Crippen LogP contribution < -0.4 is 5.32 Å². The summed E-state index contributed by atoms with van der Waals surface area (Å²) in [5.74, 6) is -0.750. The minimum atomic E-state index is -0.582. The molecule has 3 aliphatic rings. The van der Waals surface area contributed by atoms with Gasteiger partial charge in [0.05, 0.1) is 28.7 Å². The number of aryl methyl sites for hydroxylation is 1. The number of para-hydroxylation sites is 2. The molecule has 210 valence electrons. The van der Waals surface area contributed by atoms with Gasteiger partial charge in [-0.3, -0.25) is 14.9 Å². The predicted molar refractivity (Wildman–Crippen MR) is 158 cm³/mol. The summed E-state index contributed by atoms with van der Waals surface area (Å²) in [7, 11) is 0. The van der Waals surface area contributed by atoms with Gasteiger partial charge >= 0.3 is 6.09 Å². The number of aromatic nitrogens is 2. The highest BCUT2D eigenvalue weighted by atomic mass is 16.6. The number of carbonyl (C=O) groups is 3. The van der Waals surface area contributed by atoms with Gasteiger partial charge in [0.1, 0.15) is 5.60 Å². The molecular weight excluding hydrogens is 516 g/mol. The highest BCUT2D eigenvalue weighted by Gasteiger charge is 2.38. The maximum absolute atomic E-state index is 13.5. The molecule has 0 saturated heterocycles. The van der Waals surface area contributed by atoms with Crippen LogP contribution in [0.1, 0.15) is 63.3 Å². The molecule has 0 atom stereocenters. The number of hydrogen-bond acceptors (Lipinski definition) is 4. The first-order chi connectivity index (χ1) is 19.4. The van der Waals surface area contributed by atoms with Crippen molar-refractivity contribution in [2.75, 3.05) is 6.54 Å². The van der Waals surface area contributed by atoms with Gasteiger partial charge in [0, 0.05) is 52.9 Å². The lowest BCUT2D eigenvalue weighted by molar-refractivity contribution is -0.122. The van der Waals surface area contributed by atoms with Crippen LogP contribution in [0.15, 0.2) is 48.8 Å². The van der Waals surface area contributed by atoms with Gasteiger partial charge in [0.25, 0.3) is 11.8 Å². The summed E-state index contributed by atoms with van der Waals surface area (Å²) in [5, 5.41) is 4.48. The highest BCUT2D eigenvalue weighted by molar-refractivity contribution is 6.50. The average molecular weight is 551 g/mol. The maximum atomic E-state index is 13.5. The van der Waals surface area contributed by atoms with E-state index in [0.29, 0.717) is 30.8 Å². The number of nitrogens with one attached hydrogen (secondary N) is 1. The molecular formula is C33H34N4O4. The van der Waals surface area contributed by atoms with Gasteiger partial charge in [-0.2, -0.15) is 0 Å². The van der Waals surface area contributed by atoms with Gasteiger partial charge in [-0.15, -0.1) is 0 Å². The molecule has 8 heteroatoms. The summed E-state index contributed by atoms with van der Waals surface area (Å²) >= 11 is 0. The molecule has 5 heterocycles. The molecule has 3 aliphatic heterocycles. The number of hydrogen-bond donors (Lipinski definition) is 1. The van der Waals surface area contributed by atoms with Crippen molar-refractivity contribution >= 4 is 50.9 Å². The maximum Gasteiger partial charge on any atom is 0.410 e. The smallest absolute Gasteiger partial charge is 0.410 e. The average Bonchev–Trinajstić information content (AvgIpc) is 3.50. The number of carbonyl (C=O) groups excluding carboxylic acids is 3. The number of rotatable bonds is 2. The standard InChI is InChI=1S/C33H34N4O4/c1-32(2,3)41-31(40)36-15-14-35-17-23(21-10-7-9-20(16-36)27(21)35)25-26(30(39)34-29(25)38)24-18-37-28-19(8-6-11-22(24)28)12-13-33(37,4)5/h6-11,17-18H,12-16H2,1-5H3,(H,34,38,39). The number of imide groups is 1. The second kappa shape index (κ2) is 8.59. The molecule has 0 fully saturated rings. The molecule has 7 rings (SSSR count). The van der Waals surface area contributed by atoms with Crippen LogP contribution in [0.5, 0.6) is 0 Å². The molecule has 1 N–H and O–H groups in total. The minimum absolute atomic E-state index is 0.105. The van der Waals surface area contributed by atoms with Crippen LogP contribution in [0, 0.1) is 0 Å². The van der Waals surface area contributed by atoms with E-state index >= 15 is 0 Å². The van der Waals surface area contributed by atoms with Gasteiger partial charge < -0.3 is 18.8 Å². The Bertz CT molecular complexity index is 1850. The summed E-state index contributed by atoms with van der Waals surface area (Å²) in [6.07, 6.45) is 5.66. The molecule has 0 aliphatic carbocycles. The first kappa shape index (κ1) is 25.6. The molecule has 0 saturated carbocycles. The summed E-state index contributed by atoms with van der Waals surface area (Å²) in [6, 6.07) is 12.2. The second-order valence-corrected chi connectivity index (χ2v) is 13.0. The Morgan fingerprint density at radius 3 is 2.20 bits per heavy atom. The van der Waals surface area contributed by atoms with Crippen molar-refractivity contribution < 1.29 is 19.1 Å². The van der Waals surface area contributed by atoms with Crippen LogP contribution in [0.2, 0.25) is 0 Å². The quantitative estimate of drug-likeness (QED) is 0.330. The van der Waals surface area contributed by atoms with Crippen molar-refractivity contribution in [3.8, 4) is 0 Å². The van der Waals surface area contributed by atoms with E-state index in [1.54, 1.807) is 4.90 Å². The summed E-state index contributed by atoms with van der Waals surface area (Å²) in [6.45, 7) is 11.4. The highest BCUT2D eigenvalue weighted by Crippen LogP contribution is 2.44. The van der Waals surface area contributed by atoms with E-state index in [2.05, 4.69) is 46.6 Å². The zero-order valence-electron chi connectivity index (χ0n) is 24.1. The Hall–Kier alpha value is -4.33. The molecule has 0 unspecified atom stereocenters. The second-order valence-electron chi connectivity index (χ2n) is 13.0. The molecule has 2 aromatic heterocycles. The van der Waals surface area contributed by atoms with E-state index in [0.717, 1.165) is 51.3 Å². The van der Waals surface area contributed by atoms with Crippen LogP contribution in [0.4, 0.5) is 4.79 Å². The zero-order valence-corrected chi connectivity index (χ0v) is 24.1. The molecule has 8 nitrogen and oxygen atoms in total. The lowest BCUT2D eigenvalue weighted by atomic mass is 9.90. The topological polar surface area (TPSA) is 85.6 Å². The van der Waals surface area contributed by atoms with Gasteiger partial charge in [0.2, 0.25) is 0 Å². The summed E-state index contributed by atoms with van der Waals surface area (Å²) in [5.41, 5.74) is 6.00. The van der Waals surface area contributed by atoms with Crippen molar-refractivity contribution in [3.63, 3.8) is 0 Å². The van der Waals surface area contributed by atoms with Crippen LogP contribution in [0.3, 0.4) is 0 Å². The van der Waals surface area contributed by atoms with Crippen molar-refractivity contribution in [1.82, 2.24) is 19.4 Å². The third kappa shape index (κ3) is 3.91. The van der Waals surface area contributed by atoms with E-state index < -0.39 is 5.60 Å². The Morgan fingerprint density at radius 2 is 1.51 bits per heavy atom. The number of benzene rings is 2. The number of nitrogens with zero attached hydrogens (tertiary/aromatic N) is 3. The van der Waals surface area contributed by atoms with E-state index in [1.807, 2.05) is 51.2 Å². The largest absolute Gasteiger partial charge is 0.444 e.